The molecule has 2 N–H and O–H groups in total. The van der Waals surface area contributed by atoms with Crippen molar-refractivity contribution in [3.8, 4) is 11.5 Å². The lowest BCUT2D eigenvalue weighted by Gasteiger charge is -2.35. The van der Waals surface area contributed by atoms with Crippen molar-refractivity contribution in [3.63, 3.8) is 0 Å². The average Bonchev–Trinajstić information content (AvgIpc) is 2.65. The molecule has 6 nitrogen and oxygen atoms in total. The number of halogens is 2. The van der Waals surface area contributed by atoms with E-state index in [1.807, 2.05) is 24.3 Å². The van der Waals surface area contributed by atoms with Crippen molar-refractivity contribution >= 4 is 36.4 Å². The van der Waals surface area contributed by atoms with Crippen LogP contribution in [0.2, 0.25) is 0 Å². The number of piperidine rings is 1. The molecule has 8 heteroatoms. The smallest absolute Gasteiger partial charge is 0.233 e. The van der Waals surface area contributed by atoms with Gasteiger partial charge in [-0.15, -0.1) is 24.8 Å². The van der Waals surface area contributed by atoms with Crippen molar-refractivity contribution in [3.05, 3.63) is 48.8 Å². The van der Waals surface area contributed by atoms with Gasteiger partial charge in [-0.2, -0.15) is 0 Å². The highest BCUT2D eigenvalue weighted by atomic mass is 35.5. The Bertz CT molecular complexity index is 688. The van der Waals surface area contributed by atoms with E-state index in [0.717, 1.165) is 37.4 Å². The van der Waals surface area contributed by atoms with Crippen LogP contribution in [0.4, 0.5) is 5.69 Å². The molecule has 0 atom stereocenters. The molecule has 0 bridgehead atoms. The minimum absolute atomic E-state index is 0. The van der Waals surface area contributed by atoms with Gasteiger partial charge in [0.25, 0.3) is 0 Å². The predicted molar refractivity (Wildman–Crippen MR) is 110 cm³/mol. The fraction of sp³-hybridized carbons (Fsp3) is 0.368. The Morgan fingerprint density at radius 3 is 2.26 bits per heavy atom. The first-order chi connectivity index (χ1) is 12.2. The quantitative estimate of drug-likeness (QED) is 0.755. The van der Waals surface area contributed by atoms with Gasteiger partial charge < -0.3 is 20.1 Å². The Morgan fingerprint density at radius 2 is 1.67 bits per heavy atom. The summed E-state index contributed by atoms with van der Waals surface area (Å²) in [6.07, 6.45) is 4.90. The van der Waals surface area contributed by atoms with E-state index in [1.165, 1.54) is 0 Å². The topological polar surface area (TPSA) is 72.5 Å². The summed E-state index contributed by atoms with van der Waals surface area (Å²) in [5.41, 5.74) is 0.285. The molecule has 0 aliphatic carbocycles. The highest BCUT2D eigenvalue weighted by Crippen LogP contribution is 2.31. The van der Waals surface area contributed by atoms with Crippen molar-refractivity contribution in [2.45, 2.75) is 12.8 Å². The highest BCUT2D eigenvalue weighted by molar-refractivity contribution is 5.95. The fourth-order valence-corrected chi connectivity index (χ4v) is 3.03. The van der Waals surface area contributed by atoms with E-state index in [1.54, 1.807) is 31.6 Å². The fourth-order valence-electron chi connectivity index (χ4n) is 3.03. The molecule has 0 spiro atoms. The van der Waals surface area contributed by atoms with Gasteiger partial charge in [0.1, 0.15) is 11.5 Å². The van der Waals surface area contributed by atoms with Gasteiger partial charge in [0.15, 0.2) is 0 Å². The van der Waals surface area contributed by atoms with Crippen molar-refractivity contribution < 1.29 is 14.3 Å². The maximum atomic E-state index is 12.8. The predicted octanol–water partition coefficient (Wildman–Crippen LogP) is 3.67. The zero-order chi connectivity index (χ0) is 17.5. The molecule has 27 heavy (non-hydrogen) atoms. The lowest BCUT2D eigenvalue weighted by molar-refractivity contribution is -0.130. The second-order valence-corrected chi connectivity index (χ2v) is 6.23. The number of anilines is 1. The van der Waals surface area contributed by atoms with Crippen molar-refractivity contribution in [1.82, 2.24) is 10.3 Å². The van der Waals surface area contributed by atoms with E-state index in [0.29, 0.717) is 12.4 Å². The van der Waals surface area contributed by atoms with E-state index in [2.05, 4.69) is 15.6 Å². The van der Waals surface area contributed by atoms with E-state index >= 15 is 0 Å². The summed E-state index contributed by atoms with van der Waals surface area (Å²) in [7, 11) is 1.64. The normalized spacial score (nSPS) is 15.0. The molecular formula is C19H25Cl2N3O3. The van der Waals surface area contributed by atoms with E-state index in [-0.39, 0.29) is 30.7 Å². The van der Waals surface area contributed by atoms with Crippen LogP contribution >= 0.6 is 24.8 Å². The lowest BCUT2D eigenvalue weighted by atomic mass is 9.78. The maximum absolute atomic E-state index is 12.8. The summed E-state index contributed by atoms with van der Waals surface area (Å²) in [6, 6.07) is 10.9. The second-order valence-electron chi connectivity index (χ2n) is 6.23. The molecule has 2 heterocycles. The van der Waals surface area contributed by atoms with Gasteiger partial charge in [-0.05, 0) is 62.3 Å². The van der Waals surface area contributed by atoms with Crippen LogP contribution in [-0.4, -0.2) is 37.7 Å². The monoisotopic (exact) mass is 413 g/mol. The van der Waals surface area contributed by atoms with Crippen LogP contribution in [0, 0.1) is 5.41 Å². The lowest BCUT2D eigenvalue weighted by Crippen LogP contribution is -2.47. The number of pyridine rings is 1. The number of benzene rings is 1. The second kappa shape index (κ2) is 11.1. The summed E-state index contributed by atoms with van der Waals surface area (Å²) < 4.78 is 11.0. The molecule has 1 amide bonds. The van der Waals surface area contributed by atoms with E-state index in [9.17, 15) is 4.79 Å². The van der Waals surface area contributed by atoms with Crippen molar-refractivity contribution in [2.24, 2.45) is 5.41 Å². The number of hydrogen-bond donors (Lipinski definition) is 2. The third-order valence-electron chi connectivity index (χ3n) is 4.46. The summed E-state index contributed by atoms with van der Waals surface area (Å²) in [6.45, 7) is 2.09. The zero-order valence-corrected chi connectivity index (χ0v) is 16.8. The van der Waals surface area contributed by atoms with Gasteiger partial charge in [-0.3, -0.25) is 9.78 Å². The van der Waals surface area contributed by atoms with Crippen molar-refractivity contribution in [2.75, 3.05) is 32.1 Å². The van der Waals surface area contributed by atoms with Crippen LogP contribution in [0.1, 0.15) is 12.8 Å². The number of hydrogen-bond acceptors (Lipinski definition) is 5. The van der Waals surface area contributed by atoms with E-state index < -0.39 is 5.41 Å². The minimum Gasteiger partial charge on any atom is -0.457 e. The van der Waals surface area contributed by atoms with Crippen LogP contribution in [0.3, 0.4) is 0 Å². The molecule has 0 saturated carbocycles. The van der Waals surface area contributed by atoms with Crippen LogP contribution in [0.5, 0.6) is 11.5 Å². The first kappa shape index (κ1) is 23.2. The number of nitrogens with one attached hydrogen (secondary N) is 2. The number of amides is 1. The number of carbonyl (C=O) groups excluding carboxylic acids is 1. The Balaban J connectivity index is 0.00000182. The molecule has 1 saturated heterocycles. The summed E-state index contributed by atoms with van der Waals surface area (Å²) >= 11 is 0. The van der Waals surface area contributed by atoms with Gasteiger partial charge in [0.2, 0.25) is 5.91 Å². The molecule has 2 aromatic rings. The number of rotatable bonds is 6. The highest BCUT2D eigenvalue weighted by Gasteiger charge is 2.39. The number of nitrogens with zero attached hydrogens (tertiary/aromatic N) is 1. The molecule has 0 unspecified atom stereocenters. The molecule has 148 valence electrons. The number of aromatic nitrogens is 1. The van der Waals surface area contributed by atoms with Crippen molar-refractivity contribution in [1.29, 1.82) is 0 Å². The van der Waals surface area contributed by atoms with Crippen LogP contribution in [0.15, 0.2) is 48.8 Å². The number of ether oxygens (including phenoxy) is 2. The summed E-state index contributed by atoms with van der Waals surface area (Å²) in [4.78, 5) is 16.8. The van der Waals surface area contributed by atoms with Gasteiger partial charge in [0, 0.05) is 25.2 Å². The van der Waals surface area contributed by atoms with Gasteiger partial charge in [-0.1, -0.05) is 0 Å². The number of methoxy groups -OCH3 is 1. The van der Waals surface area contributed by atoms with Gasteiger partial charge in [-0.25, -0.2) is 0 Å². The zero-order valence-electron chi connectivity index (χ0n) is 15.1. The first-order valence-electron chi connectivity index (χ1n) is 8.41. The van der Waals surface area contributed by atoms with Crippen LogP contribution in [-0.2, 0) is 9.53 Å². The molecule has 3 rings (SSSR count). The first-order valence-corrected chi connectivity index (χ1v) is 8.41. The Labute approximate surface area is 171 Å². The van der Waals surface area contributed by atoms with E-state index in [4.69, 9.17) is 9.47 Å². The minimum atomic E-state index is -0.466. The third kappa shape index (κ3) is 6.07. The standard InChI is InChI=1S/C19H23N3O3.2ClH/c1-24-14-19(8-12-21-13-9-19)18(23)22-15-2-4-16(5-3-15)25-17-6-10-20-11-7-17;;/h2-7,10-11,21H,8-9,12-14H2,1H3,(H,22,23);2*1H. The molecule has 1 fully saturated rings. The number of carbonyl (C=O) groups is 1. The summed E-state index contributed by atoms with van der Waals surface area (Å²) in [5.74, 6) is 1.44. The van der Waals surface area contributed by atoms with Gasteiger partial charge >= 0.3 is 0 Å². The average molecular weight is 414 g/mol. The Morgan fingerprint density at radius 1 is 1.07 bits per heavy atom. The third-order valence-corrected chi connectivity index (χ3v) is 4.46. The molecule has 1 aliphatic heterocycles. The van der Waals surface area contributed by atoms with Gasteiger partial charge in [0.05, 0.1) is 12.0 Å². The maximum Gasteiger partial charge on any atom is 0.233 e. The molecule has 1 aromatic carbocycles. The molecule has 0 radical (unpaired) electrons. The van der Waals surface area contributed by atoms with Crippen LogP contribution in [0.25, 0.3) is 0 Å². The molecule has 1 aliphatic rings. The molecular weight excluding hydrogens is 389 g/mol. The Hall–Kier alpha value is -1.86. The largest absolute Gasteiger partial charge is 0.457 e. The molecule has 1 aromatic heterocycles. The van der Waals surface area contributed by atoms with Crippen LogP contribution < -0.4 is 15.4 Å². The SMILES string of the molecule is COCC1(C(=O)Nc2ccc(Oc3ccncc3)cc2)CCNCC1.Cl.Cl. The Kier molecular flexibility index (Phi) is 9.52. The summed E-state index contributed by atoms with van der Waals surface area (Å²) in [5, 5.41) is 6.31.